The second kappa shape index (κ2) is 8.59. The molecule has 30 heavy (non-hydrogen) atoms. The van der Waals surface area contributed by atoms with Crippen molar-refractivity contribution in [3.05, 3.63) is 64.9 Å². The predicted octanol–water partition coefficient (Wildman–Crippen LogP) is 3.41. The molecule has 0 aliphatic heterocycles. The van der Waals surface area contributed by atoms with Gasteiger partial charge in [0, 0.05) is 10.9 Å². The average Bonchev–Trinajstić information content (AvgIpc) is 3.03. The number of methoxy groups -OCH3 is 1. The summed E-state index contributed by atoms with van der Waals surface area (Å²) in [5, 5.41) is 12.4. The Hall–Kier alpha value is -3.31. The van der Waals surface area contributed by atoms with E-state index in [1.807, 2.05) is 19.1 Å². The first kappa shape index (κ1) is 21.4. The zero-order valence-corrected chi connectivity index (χ0v) is 17.7. The van der Waals surface area contributed by atoms with Crippen LogP contribution in [-0.4, -0.2) is 27.2 Å². The molecule has 0 saturated heterocycles. The van der Waals surface area contributed by atoms with Gasteiger partial charge in [0.1, 0.15) is 22.8 Å². The van der Waals surface area contributed by atoms with Gasteiger partial charge in [-0.2, -0.15) is 5.26 Å². The largest absolute Gasteiger partial charge is 0.497 e. The smallest absolute Gasteiger partial charge is 0.235 e. The van der Waals surface area contributed by atoms with Gasteiger partial charge in [-0.15, -0.1) is 0 Å². The summed E-state index contributed by atoms with van der Waals surface area (Å²) in [7, 11) is -2.09. The van der Waals surface area contributed by atoms with E-state index in [2.05, 4.69) is 5.32 Å². The lowest BCUT2D eigenvalue weighted by Gasteiger charge is -2.13. The molecule has 0 aliphatic carbocycles. The van der Waals surface area contributed by atoms with Gasteiger partial charge in [-0.3, -0.25) is 4.79 Å². The van der Waals surface area contributed by atoms with Crippen LogP contribution < -0.4 is 10.1 Å². The molecule has 3 aromatic rings. The Bertz CT molecular complexity index is 1220. The topological polar surface area (TPSA) is 109 Å². The maximum Gasteiger partial charge on any atom is 0.235 e. The molecule has 0 bridgehead atoms. The molecule has 156 valence electrons. The van der Waals surface area contributed by atoms with Crippen molar-refractivity contribution < 1.29 is 22.4 Å². The first-order valence-corrected chi connectivity index (χ1v) is 11.1. The molecule has 1 amide bonds. The third-order valence-corrected chi connectivity index (χ3v) is 6.25. The molecule has 3 rings (SSSR count). The Morgan fingerprint density at radius 3 is 2.57 bits per heavy atom. The van der Waals surface area contributed by atoms with Gasteiger partial charge in [0.25, 0.3) is 0 Å². The van der Waals surface area contributed by atoms with Crippen molar-refractivity contribution >= 4 is 26.7 Å². The molecule has 2 aromatic carbocycles. The molecule has 1 heterocycles. The lowest BCUT2D eigenvalue weighted by molar-refractivity contribution is -0.119. The van der Waals surface area contributed by atoms with Crippen LogP contribution in [0.1, 0.15) is 35.4 Å². The van der Waals surface area contributed by atoms with E-state index in [0.29, 0.717) is 28.2 Å². The van der Waals surface area contributed by atoms with E-state index >= 15 is 0 Å². The molecule has 1 atom stereocenters. The van der Waals surface area contributed by atoms with Gasteiger partial charge >= 0.3 is 0 Å². The zero-order chi connectivity index (χ0) is 21.9. The van der Waals surface area contributed by atoms with Crippen LogP contribution in [0, 0.1) is 18.3 Å². The van der Waals surface area contributed by atoms with Gasteiger partial charge in [0.15, 0.2) is 9.84 Å². The SMILES string of the molecule is COc1ccc2oc(C(C)NC(=O)CS(=O)(=O)Cc3ccc(C#N)cc3)c(C)c2c1. The number of carbonyl (C=O) groups is 1. The molecule has 0 saturated carbocycles. The van der Waals surface area contributed by atoms with Crippen LogP contribution in [0.2, 0.25) is 0 Å². The minimum absolute atomic E-state index is 0.274. The van der Waals surface area contributed by atoms with Crippen LogP contribution in [0.4, 0.5) is 0 Å². The number of aryl methyl sites for hydroxylation is 1. The molecule has 7 nitrogen and oxygen atoms in total. The predicted molar refractivity (Wildman–Crippen MR) is 113 cm³/mol. The van der Waals surface area contributed by atoms with Gasteiger partial charge in [0.05, 0.1) is 30.5 Å². The van der Waals surface area contributed by atoms with E-state index < -0.39 is 27.5 Å². The molecule has 0 radical (unpaired) electrons. The highest BCUT2D eigenvalue weighted by Crippen LogP contribution is 2.31. The van der Waals surface area contributed by atoms with E-state index in [1.165, 1.54) is 0 Å². The number of hydrogen-bond donors (Lipinski definition) is 1. The quantitative estimate of drug-likeness (QED) is 0.620. The number of nitrogens with zero attached hydrogens (tertiary/aromatic N) is 1. The number of hydrogen-bond acceptors (Lipinski definition) is 6. The summed E-state index contributed by atoms with van der Waals surface area (Å²) in [4.78, 5) is 12.4. The number of amides is 1. The number of nitrogens with one attached hydrogen (secondary N) is 1. The molecule has 1 N–H and O–H groups in total. The summed E-state index contributed by atoms with van der Waals surface area (Å²) in [6, 6.07) is 13.2. The van der Waals surface area contributed by atoms with Crippen molar-refractivity contribution in [2.45, 2.75) is 25.6 Å². The second-order valence-corrected chi connectivity index (χ2v) is 9.15. The number of rotatable bonds is 7. The van der Waals surface area contributed by atoms with E-state index in [9.17, 15) is 13.2 Å². The maximum absolute atomic E-state index is 12.4. The zero-order valence-electron chi connectivity index (χ0n) is 16.9. The fraction of sp³-hybridized carbons (Fsp3) is 0.273. The van der Waals surface area contributed by atoms with Crippen LogP contribution >= 0.6 is 0 Å². The van der Waals surface area contributed by atoms with Gasteiger partial charge < -0.3 is 14.5 Å². The Balaban J connectivity index is 1.68. The summed E-state index contributed by atoms with van der Waals surface area (Å²) in [6.07, 6.45) is 0. The molecule has 0 fully saturated rings. The fourth-order valence-electron chi connectivity index (χ4n) is 3.29. The van der Waals surface area contributed by atoms with Gasteiger partial charge in [-0.25, -0.2) is 8.42 Å². The molecule has 0 aliphatic rings. The minimum Gasteiger partial charge on any atom is -0.497 e. The van der Waals surface area contributed by atoms with Crippen molar-refractivity contribution in [3.63, 3.8) is 0 Å². The van der Waals surface area contributed by atoms with Crippen LogP contribution in [-0.2, 0) is 20.4 Å². The molecular weight excluding hydrogens is 404 g/mol. The number of furan rings is 1. The van der Waals surface area contributed by atoms with Crippen LogP contribution in [0.15, 0.2) is 46.9 Å². The van der Waals surface area contributed by atoms with Crippen molar-refractivity contribution in [2.75, 3.05) is 12.9 Å². The highest BCUT2D eigenvalue weighted by atomic mass is 32.2. The molecule has 0 spiro atoms. The number of nitriles is 1. The first-order valence-electron chi connectivity index (χ1n) is 9.28. The summed E-state index contributed by atoms with van der Waals surface area (Å²) < 4.78 is 35.9. The molecule has 1 aromatic heterocycles. The first-order chi connectivity index (χ1) is 14.2. The van der Waals surface area contributed by atoms with E-state index in [4.69, 9.17) is 14.4 Å². The number of benzene rings is 2. The van der Waals surface area contributed by atoms with Crippen molar-refractivity contribution in [1.82, 2.24) is 5.32 Å². The summed E-state index contributed by atoms with van der Waals surface area (Å²) >= 11 is 0. The summed E-state index contributed by atoms with van der Waals surface area (Å²) in [6.45, 7) is 3.62. The van der Waals surface area contributed by atoms with Crippen LogP contribution in [0.25, 0.3) is 11.0 Å². The Kier molecular flexibility index (Phi) is 6.13. The second-order valence-electron chi connectivity index (χ2n) is 7.08. The van der Waals surface area contributed by atoms with Gasteiger partial charge in [-0.05, 0) is 49.7 Å². The lowest BCUT2D eigenvalue weighted by Crippen LogP contribution is -2.32. The standard InChI is InChI=1S/C22H22N2O5S/c1-14-19-10-18(28-3)8-9-20(19)29-22(14)15(2)24-21(25)13-30(26,27)12-17-6-4-16(11-23)5-7-17/h4-10,15H,12-13H2,1-3H3,(H,24,25). The third kappa shape index (κ3) is 4.81. The highest BCUT2D eigenvalue weighted by molar-refractivity contribution is 7.91. The normalized spacial score (nSPS) is 12.3. The lowest BCUT2D eigenvalue weighted by atomic mass is 10.1. The number of carbonyl (C=O) groups excluding carboxylic acids is 1. The van der Waals surface area contributed by atoms with Crippen molar-refractivity contribution in [2.24, 2.45) is 0 Å². The Labute approximate surface area is 175 Å². The number of sulfone groups is 1. The summed E-state index contributed by atoms with van der Waals surface area (Å²) in [5.41, 5.74) is 2.49. The van der Waals surface area contributed by atoms with Crippen molar-refractivity contribution in [3.8, 4) is 11.8 Å². The van der Waals surface area contributed by atoms with E-state index in [1.54, 1.807) is 50.4 Å². The highest BCUT2D eigenvalue weighted by Gasteiger charge is 2.22. The van der Waals surface area contributed by atoms with Gasteiger partial charge in [-0.1, -0.05) is 12.1 Å². The fourth-order valence-corrected chi connectivity index (χ4v) is 4.57. The summed E-state index contributed by atoms with van der Waals surface area (Å²) in [5.74, 6) is -0.248. The number of ether oxygens (including phenoxy) is 1. The van der Waals surface area contributed by atoms with Crippen molar-refractivity contribution in [1.29, 1.82) is 5.26 Å². The monoisotopic (exact) mass is 426 g/mol. The molecular formula is C22H22N2O5S. The minimum atomic E-state index is -3.67. The Morgan fingerprint density at radius 1 is 1.23 bits per heavy atom. The van der Waals surface area contributed by atoms with Gasteiger partial charge in [0.2, 0.25) is 5.91 Å². The molecule has 8 heteroatoms. The average molecular weight is 426 g/mol. The Morgan fingerprint density at radius 2 is 1.93 bits per heavy atom. The third-order valence-electron chi connectivity index (χ3n) is 4.77. The van der Waals surface area contributed by atoms with Crippen LogP contribution in [0.5, 0.6) is 5.75 Å². The maximum atomic E-state index is 12.4. The van der Waals surface area contributed by atoms with E-state index in [-0.39, 0.29) is 5.75 Å². The van der Waals surface area contributed by atoms with Crippen LogP contribution in [0.3, 0.4) is 0 Å². The molecule has 1 unspecified atom stereocenters. The number of fused-ring (bicyclic) bond motifs is 1. The van der Waals surface area contributed by atoms with E-state index in [0.717, 1.165) is 10.9 Å².